The number of imide groups is 1. The van der Waals surface area contributed by atoms with E-state index in [9.17, 15) is 19.2 Å². The number of morpholine rings is 1. The Balaban J connectivity index is 1.40. The third-order valence-corrected chi connectivity index (χ3v) is 8.28. The molecule has 4 aliphatic heterocycles. The minimum atomic E-state index is -1.41. The number of hydrogen-bond acceptors (Lipinski definition) is 6. The highest BCUT2D eigenvalue weighted by molar-refractivity contribution is 9.10. The van der Waals surface area contributed by atoms with E-state index in [0.717, 1.165) is 4.47 Å². The lowest BCUT2D eigenvalue weighted by molar-refractivity contribution is -0.136. The molecule has 1 spiro atoms. The number of nitrogens with zero attached hydrogens (tertiary/aromatic N) is 3. The molecule has 186 valence electrons. The summed E-state index contributed by atoms with van der Waals surface area (Å²) in [7, 11) is 0. The molecular weight excluding hydrogens is 528 g/mol. The van der Waals surface area contributed by atoms with Crippen molar-refractivity contribution < 1.29 is 23.9 Å². The van der Waals surface area contributed by atoms with Crippen molar-refractivity contribution in [3.05, 3.63) is 58.6 Å². The van der Waals surface area contributed by atoms with Crippen LogP contribution in [0.25, 0.3) is 0 Å². The molecule has 4 heterocycles. The topological polar surface area (TPSA) is 99.3 Å². The van der Waals surface area contributed by atoms with Crippen molar-refractivity contribution >= 4 is 50.9 Å². The number of hydrogen-bond donors (Lipinski definition) is 1. The summed E-state index contributed by atoms with van der Waals surface area (Å²) in [5.41, 5.74) is 0.279. The Kier molecular flexibility index (Phi) is 5.51. The second-order valence-electron chi connectivity index (χ2n) is 9.63. The van der Waals surface area contributed by atoms with Crippen LogP contribution in [0.4, 0.5) is 11.4 Å². The molecule has 3 saturated heterocycles. The molecule has 0 bridgehead atoms. The van der Waals surface area contributed by atoms with Crippen LogP contribution in [0, 0.1) is 11.8 Å². The Hall–Kier alpha value is -3.08. The van der Waals surface area contributed by atoms with Gasteiger partial charge < -0.3 is 14.5 Å². The molecule has 0 radical (unpaired) electrons. The van der Waals surface area contributed by atoms with E-state index in [1.54, 1.807) is 35.2 Å². The number of anilines is 2. The third kappa shape index (κ3) is 3.21. The van der Waals surface area contributed by atoms with Crippen LogP contribution in [0.15, 0.2) is 53.0 Å². The van der Waals surface area contributed by atoms with E-state index in [1.807, 2.05) is 25.1 Å². The molecule has 3 fully saturated rings. The number of fused-ring (bicyclic) bond motifs is 4. The summed E-state index contributed by atoms with van der Waals surface area (Å²) < 4.78 is 6.18. The van der Waals surface area contributed by atoms with Gasteiger partial charge in [-0.2, -0.15) is 0 Å². The van der Waals surface area contributed by atoms with Crippen molar-refractivity contribution in [1.82, 2.24) is 10.2 Å². The Bertz CT molecular complexity index is 1280. The summed E-state index contributed by atoms with van der Waals surface area (Å²) in [6.45, 7) is 3.58. The molecule has 1 N–H and O–H groups in total. The van der Waals surface area contributed by atoms with Gasteiger partial charge in [-0.05, 0) is 37.3 Å². The second kappa shape index (κ2) is 8.50. The standard InChI is InChI=1S/C26H25BrN4O5/c1-15-21-22(24(34)31(23(21)33)17-8-6-16(27)7-9-17)26(28-15)18-4-2-3-5-19(18)30(25(26)35)14-20(32)29-10-12-36-13-11-29/h2-9,15,21-22,28H,10-14H2,1H3/t15-,21-,22+,26+/m1/s1. The van der Waals surface area contributed by atoms with E-state index in [2.05, 4.69) is 21.2 Å². The fraction of sp³-hybridized carbons (Fsp3) is 0.385. The first kappa shape index (κ1) is 23.3. The fourth-order valence-corrected chi connectivity index (χ4v) is 6.42. The highest BCUT2D eigenvalue weighted by Crippen LogP contribution is 2.55. The third-order valence-electron chi connectivity index (χ3n) is 7.76. The maximum absolute atomic E-state index is 14.2. The van der Waals surface area contributed by atoms with Crippen LogP contribution in [0.1, 0.15) is 12.5 Å². The second-order valence-corrected chi connectivity index (χ2v) is 10.6. The molecular formula is C26H25BrN4O5. The number of nitrogens with one attached hydrogen (secondary N) is 1. The molecule has 0 aromatic heterocycles. The van der Waals surface area contributed by atoms with Gasteiger partial charge in [0.05, 0.1) is 30.7 Å². The Morgan fingerprint density at radius 3 is 2.47 bits per heavy atom. The van der Waals surface area contributed by atoms with Crippen LogP contribution in [-0.4, -0.2) is 67.4 Å². The van der Waals surface area contributed by atoms with Crippen molar-refractivity contribution in [2.75, 3.05) is 42.6 Å². The normalized spacial score (nSPS) is 29.3. The maximum atomic E-state index is 14.2. The maximum Gasteiger partial charge on any atom is 0.253 e. The lowest BCUT2D eigenvalue weighted by Crippen LogP contribution is -2.56. The van der Waals surface area contributed by atoms with Crippen molar-refractivity contribution in [2.24, 2.45) is 11.8 Å². The van der Waals surface area contributed by atoms with Gasteiger partial charge in [-0.3, -0.25) is 24.5 Å². The fourth-order valence-electron chi connectivity index (χ4n) is 6.16. The van der Waals surface area contributed by atoms with Gasteiger partial charge in [-0.1, -0.05) is 34.1 Å². The number of benzene rings is 2. The van der Waals surface area contributed by atoms with Gasteiger partial charge in [0, 0.05) is 34.9 Å². The lowest BCUT2D eigenvalue weighted by Gasteiger charge is -2.31. The number of ether oxygens (including phenoxy) is 1. The first-order valence-corrected chi connectivity index (χ1v) is 12.8. The first-order valence-electron chi connectivity index (χ1n) is 12.0. The van der Waals surface area contributed by atoms with E-state index in [-0.39, 0.29) is 24.3 Å². The van der Waals surface area contributed by atoms with Gasteiger partial charge in [0.1, 0.15) is 12.1 Å². The zero-order chi connectivity index (χ0) is 25.2. The largest absolute Gasteiger partial charge is 0.378 e. The van der Waals surface area contributed by atoms with Crippen LogP contribution < -0.4 is 15.1 Å². The number of carbonyl (C=O) groups is 4. The number of rotatable bonds is 3. The number of amides is 4. The molecule has 6 rings (SSSR count). The summed E-state index contributed by atoms with van der Waals surface area (Å²) in [4.78, 5) is 59.2. The van der Waals surface area contributed by atoms with E-state index >= 15 is 0 Å². The van der Waals surface area contributed by atoms with E-state index < -0.39 is 29.3 Å². The summed E-state index contributed by atoms with van der Waals surface area (Å²) in [6.07, 6.45) is 0. The van der Waals surface area contributed by atoms with Gasteiger partial charge >= 0.3 is 0 Å². The summed E-state index contributed by atoms with van der Waals surface area (Å²) >= 11 is 3.39. The van der Waals surface area contributed by atoms with Gasteiger partial charge in [0.15, 0.2) is 0 Å². The van der Waals surface area contributed by atoms with E-state index in [1.165, 1.54) is 9.80 Å². The van der Waals surface area contributed by atoms with Crippen LogP contribution in [0.5, 0.6) is 0 Å². The summed E-state index contributed by atoms with van der Waals surface area (Å²) in [5, 5.41) is 3.35. The van der Waals surface area contributed by atoms with Crippen molar-refractivity contribution in [3.63, 3.8) is 0 Å². The molecule has 36 heavy (non-hydrogen) atoms. The predicted octanol–water partition coefficient (Wildman–Crippen LogP) is 1.65. The minimum absolute atomic E-state index is 0.135. The summed E-state index contributed by atoms with van der Waals surface area (Å²) in [6, 6.07) is 13.8. The quantitative estimate of drug-likeness (QED) is 0.581. The van der Waals surface area contributed by atoms with Crippen LogP contribution in [0.2, 0.25) is 0 Å². The molecule has 4 amide bonds. The lowest BCUT2D eigenvalue weighted by atomic mass is 9.76. The average molecular weight is 553 g/mol. The molecule has 2 aromatic rings. The highest BCUT2D eigenvalue weighted by atomic mass is 79.9. The molecule has 10 heteroatoms. The average Bonchev–Trinajstić information content (AvgIpc) is 3.43. The zero-order valence-corrected chi connectivity index (χ0v) is 21.2. The molecule has 0 aliphatic carbocycles. The molecule has 0 saturated carbocycles. The van der Waals surface area contributed by atoms with Crippen LogP contribution in [-0.2, 0) is 29.5 Å². The van der Waals surface area contributed by atoms with Gasteiger partial charge in [-0.15, -0.1) is 0 Å². The van der Waals surface area contributed by atoms with Gasteiger partial charge in [-0.25, -0.2) is 4.90 Å². The molecule has 4 atom stereocenters. The smallest absolute Gasteiger partial charge is 0.253 e. The first-order chi connectivity index (χ1) is 17.3. The van der Waals surface area contributed by atoms with Crippen molar-refractivity contribution in [3.8, 4) is 0 Å². The highest BCUT2D eigenvalue weighted by Gasteiger charge is 2.71. The number of carbonyl (C=O) groups excluding carboxylic acids is 4. The zero-order valence-electron chi connectivity index (χ0n) is 19.6. The van der Waals surface area contributed by atoms with Crippen LogP contribution >= 0.6 is 15.9 Å². The van der Waals surface area contributed by atoms with Crippen molar-refractivity contribution in [2.45, 2.75) is 18.5 Å². The van der Waals surface area contributed by atoms with Crippen LogP contribution in [0.3, 0.4) is 0 Å². The number of para-hydroxylation sites is 1. The molecule has 4 aliphatic rings. The summed E-state index contributed by atoms with van der Waals surface area (Å²) in [5.74, 6) is -2.89. The molecule has 0 unspecified atom stereocenters. The minimum Gasteiger partial charge on any atom is -0.378 e. The number of halogens is 1. The monoisotopic (exact) mass is 552 g/mol. The van der Waals surface area contributed by atoms with Gasteiger partial charge in [0.25, 0.3) is 5.91 Å². The molecule has 2 aromatic carbocycles. The van der Waals surface area contributed by atoms with Crippen molar-refractivity contribution in [1.29, 1.82) is 0 Å². The van der Waals surface area contributed by atoms with E-state index in [4.69, 9.17) is 4.74 Å². The Morgan fingerprint density at radius 1 is 1.06 bits per heavy atom. The van der Waals surface area contributed by atoms with Gasteiger partial charge in [0.2, 0.25) is 17.7 Å². The SMILES string of the molecule is C[C@H]1N[C@]2(C(=O)N(CC(=O)N3CCOCC3)c3ccccc32)[C@@H]2C(=O)N(c3ccc(Br)cc3)C(=O)[C@@H]21. The molecule has 9 nitrogen and oxygen atoms in total. The predicted molar refractivity (Wildman–Crippen MR) is 134 cm³/mol. The Morgan fingerprint density at radius 2 is 1.75 bits per heavy atom. The Labute approximate surface area is 216 Å². The van der Waals surface area contributed by atoms with E-state index in [0.29, 0.717) is 43.2 Å².